The van der Waals surface area contributed by atoms with Crippen molar-refractivity contribution in [3.63, 3.8) is 0 Å². The van der Waals surface area contributed by atoms with E-state index in [0.29, 0.717) is 12.5 Å². The number of hydrogen-bond donors (Lipinski definition) is 1. The van der Waals surface area contributed by atoms with Gasteiger partial charge in [0, 0.05) is 11.6 Å². The molecule has 1 N–H and O–H groups in total. The lowest BCUT2D eigenvalue weighted by molar-refractivity contribution is 0.160. The molecule has 0 radical (unpaired) electrons. The summed E-state index contributed by atoms with van der Waals surface area (Å²) in [7, 11) is 0. The number of nitrogens with one attached hydrogen (secondary N) is 1. The number of hydrogen-bond acceptors (Lipinski definition) is 3. The summed E-state index contributed by atoms with van der Waals surface area (Å²) in [5, 5.41) is 3.28. The molecular weight excluding hydrogens is 178 g/mol. The Balaban J connectivity index is 2.01. The topological polar surface area (TPSA) is 38.3 Å². The first-order valence-electron chi connectivity index (χ1n) is 4.32. The van der Waals surface area contributed by atoms with E-state index in [1.807, 2.05) is 0 Å². The van der Waals surface area contributed by atoms with E-state index in [-0.39, 0.29) is 0 Å². The number of rotatable bonds is 3. The van der Waals surface area contributed by atoms with Crippen LogP contribution in [-0.2, 0) is 4.74 Å². The maximum absolute atomic E-state index is 10.2. The summed E-state index contributed by atoms with van der Waals surface area (Å²) in [5.74, 6) is 0.697. The quantitative estimate of drug-likeness (QED) is 0.691. The predicted molar refractivity (Wildman–Crippen MR) is 47.4 cm³/mol. The molecule has 0 aromatic rings. The zero-order valence-corrected chi connectivity index (χ0v) is 7.77. The second-order valence-electron chi connectivity index (χ2n) is 3.07. The maximum atomic E-state index is 10.2. The molecule has 1 rings (SSSR count). The SMILES string of the molecule is O=C(Cl)OCCC1CCNCC1. The first-order valence-corrected chi connectivity index (χ1v) is 4.70. The molecule has 1 heterocycles. The van der Waals surface area contributed by atoms with Gasteiger partial charge in [-0.3, -0.25) is 0 Å². The Morgan fingerprint density at radius 1 is 1.50 bits per heavy atom. The second-order valence-corrected chi connectivity index (χ2v) is 3.38. The molecule has 4 heteroatoms. The molecular formula is C8H14ClNO2. The predicted octanol–water partition coefficient (Wildman–Crippen LogP) is 1.75. The van der Waals surface area contributed by atoms with Gasteiger partial charge in [-0.15, -0.1) is 0 Å². The van der Waals surface area contributed by atoms with Gasteiger partial charge in [0.15, 0.2) is 0 Å². The number of halogens is 1. The van der Waals surface area contributed by atoms with Gasteiger partial charge in [0.1, 0.15) is 0 Å². The van der Waals surface area contributed by atoms with Crippen LogP contribution in [0.2, 0.25) is 0 Å². The van der Waals surface area contributed by atoms with Crippen molar-refractivity contribution >= 4 is 17.0 Å². The number of carbonyl (C=O) groups is 1. The van der Waals surface area contributed by atoms with Crippen molar-refractivity contribution in [1.29, 1.82) is 0 Å². The highest BCUT2D eigenvalue weighted by Gasteiger charge is 2.12. The van der Waals surface area contributed by atoms with Crippen LogP contribution in [0.4, 0.5) is 4.79 Å². The summed E-state index contributed by atoms with van der Waals surface area (Å²) in [4.78, 5) is 10.2. The van der Waals surface area contributed by atoms with Crippen LogP contribution in [0.5, 0.6) is 0 Å². The minimum absolute atomic E-state index is 0.465. The summed E-state index contributed by atoms with van der Waals surface area (Å²) in [5.41, 5.74) is -0.691. The Labute approximate surface area is 77.4 Å². The summed E-state index contributed by atoms with van der Waals surface area (Å²) in [6.07, 6.45) is 3.31. The molecule has 1 aliphatic rings. The van der Waals surface area contributed by atoms with Gasteiger partial charge in [0.2, 0.25) is 0 Å². The third-order valence-electron chi connectivity index (χ3n) is 2.20. The van der Waals surface area contributed by atoms with Crippen molar-refractivity contribution in [1.82, 2.24) is 5.32 Å². The molecule has 0 aliphatic carbocycles. The first kappa shape index (κ1) is 9.81. The van der Waals surface area contributed by atoms with Gasteiger partial charge in [-0.2, -0.15) is 0 Å². The normalized spacial score (nSPS) is 19.1. The monoisotopic (exact) mass is 191 g/mol. The number of ether oxygens (including phenoxy) is 1. The Morgan fingerprint density at radius 2 is 2.17 bits per heavy atom. The van der Waals surface area contributed by atoms with Gasteiger partial charge in [0.25, 0.3) is 0 Å². The highest BCUT2D eigenvalue weighted by atomic mass is 35.5. The smallest absolute Gasteiger partial charge is 0.403 e. The van der Waals surface area contributed by atoms with E-state index in [4.69, 9.17) is 11.6 Å². The fourth-order valence-electron chi connectivity index (χ4n) is 1.48. The minimum Gasteiger partial charge on any atom is -0.454 e. The minimum atomic E-state index is -0.691. The van der Waals surface area contributed by atoms with Gasteiger partial charge in [-0.05, 0) is 38.3 Å². The number of carbonyl (C=O) groups excluding carboxylic acids is 1. The van der Waals surface area contributed by atoms with E-state index < -0.39 is 5.43 Å². The summed E-state index contributed by atoms with van der Waals surface area (Å²) in [6.45, 7) is 2.63. The van der Waals surface area contributed by atoms with E-state index in [1.165, 1.54) is 12.8 Å². The van der Waals surface area contributed by atoms with Gasteiger partial charge in [0.05, 0.1) is 6.61 Å². The van der Waals surface area contributed by atoms with E-state index in [9.17, 15) is 4.79 Å². The van der Waals surface area contributed by atoms with Crippen molar-refractivity contribution < 1.29 is 9.53 Å². The standard InChI is InChI=1S/C8H14ClNO2/c9-8(11)12-6-3-7-1-4-10-5-2-7/h7,10H,1-6H2. The Kier molecular flexibility index (Phi) is 4.40. The molecule has 0 aromatic heterocycles. The summed E-state index contributed by atoms with van der Waals surface area (Å²) in [6, 6.07) is 0. The molecule has 0 atom stereocenters. The van der Waals surface area contributed by atoms with Crippen LogP contribution in [0.25, 0.3) is 0 Å². The Morgan fingerprint density at radius 3 is 2.75 bits per heavy atom. The summed E-state index contributed by atoms with van der Waals surface area (Å²) < 4.78 is 4.65. The average Bonchev–Trinajstić information content (AvgIpc) is 2.05. The lowest BCUT2D eigenvalue weighted by atomic mass is 9.95. The largest absolute Gasteiger partial charge is 0.454 e. The molecule has 0 amide bonds. The highest BCUT2D eigenvalue weighted by Crippen LogP contribution is 2.15. The van der Waals surface area contributed by atoms with E-state index in [2.05, 4.69) is 10.1 Å². The first-order chi connectivity index (χ1) is 5.79. The molecule has 1 aliphatic heterocycles. The third-order valence-corrected chi connectivity index (χ3v) is 2.31. The van der Waals surface area contributed by atoms with Gasteiger partial charge < -0.3 is 10.1 Å². The molecule has 0 spiro atoms. The Hall–Kier alpha value is -0.280. The Bertz CT molecular complexity index is 146. The highest BCUT2D eigenvalue weighted by molar-refractivity contribution is 6.61. The van der Waals surface area contributed by atoms with Crippen LogP contribution in [0.15, 0.2) is 0 Å². The van der Waals surface area contributed by atoms with Crippen LogP contribution in [0, 0.1) is 5.92 Å². The lowest BCUT2D eigenvalue weighted by Crippen LogP contribution is -2.28. The van der Waals surface area contributed by atoms with Gasteiger partial charge in [-0.25, -0.2) is 4.79 Å². The molecule has 3 nitrogen and oxygen atoms in total. The van der Waals surface area contributed by atoms with Crippen molar-refractivity contribution in [3.8, 4) is 0 Å². The fraction of sp³-hybridized carbons (Fsp3) is 0.875. The lowest BCUT2D eigenvalue weighted by Gasteiger charge is -2.21. The zero-order valence-electron chi connectivity index (χ0n) is 7.01. The molecule has 0 unspecified atom stereocenters. The molecule has 0 bridgehead atoms. The molecule has 1 fully saturated rings. The van der Waals surface area contributed by atoms with E-state index >= 15 is 0 Å². The molecule has 70 valence electrons. The van der Waals surface area contributed by atoms with E-state index in [0.717, 1.165) is 19.5 Å². The molecule has 0 aromatic carbocycles. The van der Waals surface area contributed by atoms with Crippen molar-refractivity contribution in [3.05, 3.63) is 0 Å². The average molecular weight is 192 g/mol. The van der Waals surface area contributed by atoms with Crippen LogP contribution in [0.3, 0.4) is 0 Å². The maximum Gasteiger partial charge on any atom is 0.403 e. The van der Waals surface area contributed by atoms with Gasteiger partial charge >= 0.3 is 5.43 Å². The zero-order chi connectivity index (χ0) is 8.81. The van der Waals surface area contributed by atoms with Crippen LogP contribution >= 0.6 is 11.6 Å². The number of piperidine rings is 1. The fourth-order valence-corrected chi connectivity index (χ4v) is 1.55. The molecule has 1 saturated heterocycles. The summed E-state index contributed by atoms with van der Waals surface area (Å²) >= 11 is 5.02. The molecule has 12 heavy (non-hydrogen) atoms. The van der Waals surface area contributed by atoms with Crippen LogP contribution < -0.4 is 5.32 Å². The third kappa shape index (κ3) is 3.93. The van der Waals surface area contributed by atoms with Crippen molar-refractivity contribution in [2.24, 2.45) is 5.92 Å². The van der Waals surface area contributed by atoms with E-state index in [1.54, 1.807) is 0 Å². The van der Waals surface area contributed by atoms with Gasteiger partial charge in [-0.1, -0.05) is 0 Å². The van der Waals surface area contributed by atoms with Crippen LogP contribution in [-0.4, -0.2) is 25.1 Å². The van der Waals surface area contributed by atoms with Crippen LogP contribution in [0.1, 0.15) is 19.3 Å². The van der Waals surface area contributed by atoms with Crippen molar-refractivity contribution in [2.75, 3.05) is 19.7 Å². The molecule has 0 saturated carbocycles. The second kappa shape index (κ2) is 5.38. The van der Waals surface area contributed by atoms with Crippen molar-refractivity contribution in [2.45, 2.75) is 19.3 Å².